The first-order chi connectivity index (χ1) is 8.76. The zero-order valence-electron chi connectivity index (χ0n) is 13.4. The monoisotopic (exact) mass is 282 g/mol. The Balaban J connectivity index is 3.57. The fourth-order valence-electron chi connectivity index (χ4n) is 2.49. The second-order valence-corrected chi connectivity index (χ2v) is 11.5. The van der Waals surface area contributed by atoms with Gasteiger partial charge < -0.3 is 14.2 Å². The van der Waals surface area contributed by atoms with Crippen molar-refractivity contribution in [1.29, 1.82) is 0 Å². The van der Waals surface area contributed by atoms with Crippen molar-refractivity contribution in [3.05, 3.63) is 16.7 Å². The normalized spacial score (nSPS) is 11.4. The Morgan fingerprint density at radius 3 is 1.53 bits per heavy atom. The smallest absolute Gasteiger partial charge is 0.167 e. The van der Waals surface area contributed by atoms with Gasteiger partial charge in [0.1, 0.15) is 5.75 Å². The van der Waals surface area contributed by atoms with Gasteiger partial charge in [-0.05, 0) is 25.5 Å². The predicted octanol–water partition coefficient (Wildman–Crippen LogP) is 3.75. The molecule has 19 heavy (non-hydrogen) atoms. The highest BCUT2D eigenvalue weighted by Gasteiger charge is 2.25. The number of ether oxygens (including phenoxy) is 3. The highest BCUT2D eigenvalue weighted by Crippen LogP contribution is 2.44. The van der Waals surface area contributed by atoms with Gasteiger partial charge in [-0.25, -0.2) is 0 Å². The molecule has 3 nitrogen and oxygen atoms in total. The van der Waals surface area contributed by atoms with E-state index in [4.69, 9.17) is 14.2 Å². The molecule has 0 radical (unpaired) electrons. The number of rotatable bonds is 5. The van der Waals surface area contributed by atoms with Crippen LogP contribution in [0.4, 0.5) is 0 Å². The van der Waals surface area contributed by atoms with Crippen molar-refractivity contribution in [2.24, 2.45) is 0 Å². The van der Waals surface area contributed by atoms with Crippen LogP contribution in [0.15, 0.2) is 0 Å². The number of hydrogen-bond donors (Lipinski definition) is 0. The van der Waals surface area contributed by atoms with Crippen LogP contribution in [-0.2, 0) is 6.04 Å². The van der Waals surface area contributed by atoms with Crippen molar-refractivity contribution in [2.75, 3.05) is 21.3 Å². The Bertz CT molecular complexity index is 462. The van der Waals surface area contributed by atoms with E-state index in [9.17, 15) is 0 Å². The van der Waals surface area contributed by atoms with Crippen molar-refractivity contribution in [3.8, 4) is 17.2 Å². The molecule has 0 N–H and O–H groups in total. The molecular formula is C15H26O3Si. The van der Waals surface area contributed by atoms with Crippen LogP contribution < -0.4 is 14.2 Å². The summed E-state index contributed by atoms with van der Waals surface area (Å²) in [5.41, 5.74) is 3.40. The zero-order chi connectivity index (χ0) is 14.8. The molecule has 0 saturated carbocycles. The molecule has 1 aromatic rings. The molecule has 0 atom stereocenters. The van der Waals surface area contributed by atoms with Gasteiger partial charge in [0.25, 0.3) is 0 Å². The minimum Gasteiger partial charge on any atom is -0.496 e. The summed E-state index contributed by atoms with van der Waals surface area (Å²) in [7, 11) is 3.84. The molecule has 0 aliphatic carbocycles. The van der Waals surface area contributed by atoms with E-state index in [-0.39, 0.29) is 0 Å². The fourth-order valence-corrected chi connectivity index (χ4v) is 3.97. The summed E-state index contributed by atoms with van der Waals surface area (Å²) >= 11 is 0. The summed E-state index contributed by atoms with van der Waals surface area (Å²) in [5, 5.41) is 0. The van der Waals surface area contributed by atoms with E-state index in [0.29, 0.717) is 0 Å². The van der Waals surface area contributed by atoms with Crippen LogP contribution in [0, 0.1) is 13.8 Å². The van der Waals surface area contributed by atoms with Crippen molar-refractivity contribution >= 4 is 8.07 Å². The quantitative estimate of drug-likeness (QED) is 0.770. The molecule has 0 spiro atoms. The van der Waals surface area contributed by atoms with Crippen molar-refractivity contribution in [1.82, 2.24) is 0 Å². The average molecular weight is 282 g/mol. The third kappa shape index (κ3) is 3.24. The fraction of sp³-hybridized carbons (Fsp3) is 0.600. The van der Waals surface area contributed by atoms with Gasteiger partial charge in [-0.15, -0.1) is 0 Å². The lowest BCUT2D eigenvalue weighted by atomic mass is 10.0. The largest absolute Gasteiger partial charge is 0.496 e. The van der Waals surface area contributed by atoms with Crippen LogP contribution in [0.2, 0.25) is 19.6 Å². The Morgan fingerprint density at radius 1 is 0.737 bits per heavy atom. The van der Waals surface area contributed by atoms with Crippen LogP contribution in [-0.4, -0.2) is 29.4 Å². The molecule has 0 fully saturated rings. The Kier molecular flexibility index (Phi) is 4.90. The van der Waals surface area contributed by atoms with Gasteiger partial charge in [-0.3, -0.25) is 0 Å². The summed E-state index contributed by atoms with van der Waals surface area (Å²) in [5.74, 6) is 2.54. The Morgan fingerprint density at radius 2 is 1.16 bits per heavy atom. The summed E-state index contributed by atoms with van der Waals surface area (Å²) in [4.78, 5) is 0. The van der Waals surface area contributed by atoms with Gasteiger partial charge in [0.05, 0.1) is 21.3 Å². The van der Waals surface area contributed by atoms with Gasteiger partial charge in [0.15, 0.2) is 11.5 Å². The van der Waals surface area contributed by atoms with E-state index in [1.807, 2.05) is 6.92 Å². The van der Waals surface area contributed by atoms with Crippen molar-refractivity contribution in [2.45, 2.75) is 39.5 Å². The maximum atomic E-state index is 5.63. The molecule has 0 bridgehead atoms. The maximum absolute atomic E-state index is 5.63. The van der Waals surface area contributed by atoms with E-state index in [2.05, 4.69) is 26.6 Å². The Labute approximate surface area is 117 Å². The van der Waals surface area contributed by atoms with Gasteiger partial charge in [-0.2, -0.15) is 0 Å². The molecule has 0 aliphatic rings. The van der Waals surface area contributed by atoms with E-state index in [1.54, 1.807) is 21.3 Å². The van der Waals surface area contributed by atoms with E-state index >= 15 is 0 Å². The molecule has 1 aromatic carbocycles. The molecule has 0 amide bonds. The summed E-state index contributed by atoms with van der Waals surface area (Å²) in [6, 6.07) is 1.07. The van der Waals surface area contributed by atoms with E-state index in [1.165, 1.54) is 5.56 Å². The average Bonchev–Trinajstić information content (AvgIpc) is 2.31. The molecule has 0 heterocycles. The van der Waals surface area contributed by atoms with Crippen LogP contribution in [0.3, 0.4) is 0 Å². The summed E-state index contributed by atoms with van der Waals surface area (Å²) in [6.07, 6.45) is 0. The van der Waals surface area contributed by atoms with Crippen LogP contribution in [0.25, 0.3) is 0 Å². The topological polar surface area (TPSA) is 27.7 Å². The summed E-state index contributed by atoms with van der Waals surface area (Å²) < 4.78 is 16.7. The lowest BCUT2D eigenvalue weighted by molar-refractivity contribution is 0.342. The first-order valence-electron chi connectivity index (χ1n) is 6.54. The SMILES string of the molecule is COc1c(C)c(OC)c(OC)c(C)c1C[Si](C)(C)C. The van der Waals surface area contributed by atoms with Crippen LogP contribution in [0.5, 0.6) is 17.2 Å². The van der Waals surface area contributed by atoms with Crippen LogP contribution in [0.1, 0.15) is 16.7 Å². The molecule has 0 aromatic heterocycles. The lowest BCUT2D eigenvalue weighted by Gasteiger charge is -2.24. The second kappa shape index (κ2) is 5.86. The van der Waals surface area contributed by atoms with Gasteiger partial charge in [-0.1, -0.05) is 19.6 Å². The number of benzene rings is 1. The molecular weight excluding hydrogens is 256 g/mol. The van der Waals surface area contributed by atoms with Gasteiger partial charge in [0.2, 0.25) is 0 Å². The highest BCUT2D eigenvalue weighted by atomic mass is 28.3. The first-order valence-corrected chi connectivity index (χ1v) is 10.3. The van der Waals surface area contributed by atoms with Gasteiger partial charge >= 0.3 is 0 Å². The molecule has 108 valence electrons. The highest BCUT2D eigenvalue weighted by molar-refractivity contribution is 6.75. The van der Waals surface area contributed by atoms with Gasteiger partial charge in [0, 0.05) is 19.2 Å². The molecule has 1 rings (SSSR count). The Hall–Kier alpha value is -1.16. The third-order valence-electron chi connectivity index (χ3n) is 3.27. The predicted molar refractivity (Wildman–Crippen MR) is 82.6 cm³/mol. The van der Waals surface area contributed by atoms with Crippen LogP contribution >= 0.6 is 0 Å². The summed E-state index contributed by atoms with van der Waals surface area (Å²) in [6.45, 7) is 11.2. The van der Waals surface area contributed by atoms with E-state index in [0.717, 1.165) is 34.4 Å². The first kappa shape index (κ1) is 15.9. The lowest BCUT2D eigenvalue weighted by Crippen LogP contribution is -2.25. The molecule has 0 saturated heterocycles. The molecule has 4 heteroatoms. The molecule has 0 unspecified atom stereocenters. The number of hydrogen-bond acceptors (Lipinski definition) is 3. The van der Waals surface area contributed by atoms with Crippen molar-refractivity contribution in [3.63, 3.8) is 0 Å². The number of methoxy groups -OCH3 is 3. The zero-order valence-corrected chi connectivity index (χ0v) is 14.4. The van der Waals surface area contributed by atoms with Crippen molar-refractivity contribution < 1.29 is 14.2 Å². The second-order valence-electron chi connectivity index (χ2n) is 6.07. The standard InChI is InChI=1S/C15H26O3Si/c1-10-12(9-19(6,7)8)13(16-3)11(2)15(18-5)14(10)17-4/h9H2,1-8H3. The maximum Gasteiger partial charge on any atom is 0.167 e. The molecule has 0 aliphatic heterocycles. The third-order valence-corrected chi connectivity index (χ3v) is 4.69. The van der Waals surface area contributed by atoms with E-state index < -0.39 is 8.07 Å². The minimum atomic E-state index is -1.24. The minimum absolute atomic E-state index is 0.774.